The van der Waals surface area contributed by atoms with E-state index in [1.807, 2.05) is 24.3 Å². The Morgan fingerprint density at radius 2 is 1.90 bits per heavy atom. The van der Waals surface area contributed by atoms with E-state index >= 15 is 0 Å². The number of aliphatic hydroxyl groups excluding tert-OH is 1. The van der Waals surface area contributed by atoms with Crippen LogP contribution in [0.15, 0.2) is 42.5 Å². The number of hydrogen-bond donors (Lipinski definition) is 2. The summed E-state index contributed by atoms with van der Waals surface area (Å²) in [5.41, 5.74) is 1.06. The van der Waals surface area contributed by atoms with Crippen LogP contribution in [0.25, 0.3) is 10.8 Å². The van der Waals surface area contributed by atoms with Crippen molar-refractivity contribution in [2.75, 3.05) is 6.54 Å². The van der Waals surface area contributed by atoms with Gasteiger partial charge in [-0.05, 0) is 35.1 Å². The van der Waals surface area contributed by atoms with Crippen LogP contribution in [0.3, 0.4) is 0 Å². The van der Waals surface area contributed by atoms with Crippen LogP contribution in [0, 0.1) is 5.92 Å². The summed E-state index contributed by atoms with van der Waals surface area (Å²) in [6.07, 6.45) is 1.88. The number of benzene rings is 2. The molecular weight excluding hydrogens is 250 g/mol. The molecule has 3 rings (SSSR count). The fourth-order valence-electron chi connectivity index (χ4n) is 2.81. The van der Waals surface area contributed by atoms with Crippen LogP contribution in [-0.4, -0.2) is 23.7 Å². The third-order valence-corrected chi connectivity index (χ3v) is 4.03. The number of fused-ring (bicyclic) bond motifs is 1. The van der Waals surface area contributed by atoms with Gasteiger partial charge in [-0.25, -0.2) is 0 Å². The minimum Gasteiger partial charge on any atom is -0.393 e. The fraction of sp³-hybridized carbons (Fsp3) is 0.353. The van der Waals surface area contributed by atoms with Gasteiger partial charge in [0.15, 0.2) is 0 Å². The number of amides is 1. The molecule has 2 aromatic rings. The largest absolute Gasteiger partial charge is 0.393 e. The normalized spacial score (nSPS) is 21.4. The highest BCUT2D eigenvalue weighted by molar-refractivity contribution is 5.90. The molecule has 0 aliphatic heterocycles. The molecule has 2 N–H and O–H groups in total. The van der Waals surface area contributed by atoms with Crippen molar-refractivity contribution in [3.8, 4) is 0 Å². The second-order valence-corrected chi connectivity index (χ2v) is 5.61. The van der Waals surface area contributed by atoms with Gasteiger partial charge in [-0.15, -0.1) is 0 Å². The molecule has 20 heavy (non-hydrogen) atoms. The summed E-state index contributed by atoms with van der Waals surface area (Å²) >= 11 is 0. The molecule has 0 atom stereocenters. The molecule has 104 valence electrons. The van der Waals surface area contributed by atoms with Gasteiger partial charge in [0.1, 0.15) is 0 Å². The summed E-state index contributed by atoms with van der Waals surface area (Å²) in [5.74, 6) is 0.504. The van der Waals surface area contributed by atoms with Crippen LogP contribution in [0.1, 0.15) is 18.4 Å². The first-order valence-electron chi connectivity index (χ1n) is 7.14. The Balaban J connectivity index is 1.62. The first kappa shape index (κ1) is 13.1. The standard InChI is InChI=1S/C17H19NO2/c19-15-8-12(9-15)11-18-17(20)10-14-6-3-5-13-4-1-2-7-16(13)14/h1-7,12,15,19H,8-11H2,(H,18,20). The van der Waals surface area contributed by atoms with E-state index in [0.29, 0.717) is 18.9 Å². The van der Waals surface area contributed by atoms with Crippen molar-refractivity contribution in [2.45, 2.75) is 25.4 Å². The second kappa shape index (κ2) is 5.63. The van der Waals surface area contributed by atoms with E-state index in [-0.39, 0.29) is 12.0 Å². The summed E-state index contributed by atoms with van der Waals surface area (Å²) in [4.78, 5) is 12.0. The van der Waals surface area contributed by atoms with Crippen molar-refractivity contribution in [1.29, 1.82) is 0 Å². The number of rotatable bonds is 4. The molecule has 0 unspecified atom stereocenters. The van der Waals surface area contributed by atoms with Gasteiger partial charge in [-0.2, -0.15) is 0 Å². The monoisotopic (exact) mass is 269 g/mol. The van der Waals surface area contributed by atoms with Crippen molar-refractivity contribution < 1.29 is 9.90 Å². The molecule has 0 spiro atoms. The number of hydrogen-bond acceptors (Lipinski definition) is 2. The topological polar surface area (TPSA) is 49.3 Å². The first-order chi connectivity index (χ1) is 9.72. The van der Waals surface area contributed by atoms with Crippen LogP contribution < -0.4 is 5.32 Å². The summed E-state index contributed by atoms with van der Waals surface area (Å²) in [6, 6.07) is 14.2. The Morgan fingerprint density at radius 1 is 1.15 bits per heavy atom. The zero-order chi connectivity index (χ0) is 13.9. The van der Waals surface area contributed by atoms with E-state index in [0.717, 1.165) is 23.8 Å². The Kier molecular flexibility index (Phi) is 3.70. The quantitative estimate of drug-likeness (QED) is 0.894. The van der Waals surface area contributed by atoms with E-state index < -0.39 is 0 Å². The highest BCUT2D eigenvalue weighted by atomic mass is 16.3. The highest BCUT2D eigenvalue weighted by Crippen LogP contribution is 2.26. The number of nitrogens with one attached hydrogen (secondary N) is 1. The van der Waals surface area contributed by atoms with E-state index in [1.165, 1.54) is 5.39 Å². The zero-order valence-corrected chi connectivity index (χ0v) is 11.4. The van der Waals surface area contributed by atoms with E-state index in [1.54, 1.807) is 0 Å². The minimum absolute atomic E-state index is 0.0581. The van der Waals surface area contributed by atoms with Crippen LogP contribution in [0.4, 0.5) is 0 Å². The van der Waals surface area contributed by atoms with Crippen molar-refractivity contribution in [2.24, 2.45) is 5.92 Å². The van der Waals surface area contributed by atoms with Gasteiger partial charge in [0.25, 0.3) is 0 Å². The smallest absolute Gasteiger partial charge is 0.224 e. The van der Waals surface area contributed by atoms with E-state index in [2.05, 4.69) is 23.5 Å². The summed E-state index contributed by atoms with van der Waals surface area (Å²) in [6.45, 7) is 0.681. The molecule has 1 aliphatic rings. The Bertz CT molecular complexity index is 612. The highest BCUT2D eigenvalue weighted by Gasteiger charge is 2.27. The van der Waals surface area contributed by atoms with Crippen LogP contribution in [0.5, 0.6) is 0 Å². The van der Waals surface area contributed by atoms with Gasteiger partial charge in [0, 0.05) is 6.54 Å². The fourth-order valence-corrected chi connectivity index (χ4v) is 2.81. The van der Waals surface area contributed by atoms with Crippen LogP contribution in [-0.2, 0) is 11.2 Å². The lowest BCUT2D eigenvalue weighted by Crippen LogP contribution is -2.38. The predicted octanol–water partition coefficient (Wildman–Crippen LogP) is 2.27. The van der Waals surface area contributed by atoms with Gasteiger partial charge < -0.3 is 10.4 Å². The van der Waals surface area contributed by atoms with Crippen molar-refractivity contribution in [3.63, 3.8) is 0 Å². The summed E-state index contributed by atoms with van der Waals surface area (Å²) in [5, 5.41) is 14.5. The average Bonchev–Trinajstić information content (AvgIpc) is 2.43. The molecule has 0 radical (unpaired) electrons. The van der Waals surface area contributed by atoms with E-state index in [9.17, 15) is 9.90 Å². The Hall–Kier alpha value is -1.87. The van der Waals surface area contributed by atoms with Crippen molar-refractivity contribution in [3.05, 3.63) is 48.0 Å². The van der Waals surface area contributed by atoms with Gasteiger partial charge in [-0.3, -0.25) is 4.79 Å². The second-order valence-electron chi connectivity index (χ2n) is 5.61. The molecule has 1 saturated carbocycles. The van der Waals surface area contributed by atoms with Gasteiger partial charge >= 0.3 is 0 Å². The van der Waals surface area contributed by atoms with Gasteiger partial charge in [0.05, 0.1) is 12.5 Å². The lowest BCUT2D eigenvalue weighted by molar-refractivity contribution is -0.121. The van der Waals surface area contributed by atoms with Crippen molar-refractivity contribution in [1.82, 2.24) is 5.32 Å². The molecule has 1 aliphatic carbocycles. The average molecular weight is 269 g/mol. The third kappa shape index (κ3) is 2.83. The van der Waals surface area contributed by atoms with Crippen LogP contribution >= 0.6 is 0 Å². The Morgan fingerprint density at radius 3 is 2.70 bits per heavy atom. The number of carbonyl (C=O) groups excluding carboxylic acids is 1. The zero-order valence-electron chi connectivity index (χ0n) is 11.4. The maximum absolute atomic E-state index is 12.0. The molecule has 3 nitrogen and oxygen atoms in total. The molecule has 1 fully saturated rings. The first-order valence-corrected chi connectivity index (χ1v) is 7.14. The third-order valence-electron chi connectivity index (χ3n) is 4.03. The molecule has 1 amide bonds. The molecule has 0 heterocycles. The molecule has 0 saturated heterocycles. The predicted molar refractivity (Wildman–Crippen MR) is 79.4 cm³/mol. The lowest BCUT2D eigenvalue weighted by Gasteiger charge is -2.31. The van der Waals surface area contributed by atoms with E-state index in [4.69, 9.17) is 0 Å². The number of carbonyl (C=O) groups is 1. The molecule has 0 aromatic heterocycles. The lowest BCUT2D eigenvalue weighted by atomic mass is 9.82. The summed E-state index contributed by atoms with van der Waals surface area (Å²) < 4.78 is 0. The molecule has 3 heteroatoms. The molecule has 2 aromatic carbocycles. The van der Waals surface area contributed by atoms with Gasteiger partial charge in [-0.1, -0.05) is 42.5 Å². The number of aliphatic hydroxyl groups is 1. The molecular formula is C17H19NO2. The van der Waals surface area contributed by atoms with Crippen molar-refractivity contribution >= 4 is 16.7 Å². The Labute approximate surface area is 118 Å². The maximum atomic E-state index is 12.0. The SMILES string of the molecule is O=C(Cc1cccc2ccccc12)NCC1CC(O)C1. The van der Waals surface area contributed by atoms with Gasteiger partial charge in [0.2, 0.25) is 5.91 Å². The maximum Gasteiger partial charge on any atom is 0.224 e. The molecule has 0 bridgehead atoms. The summed E-state index contributed by atoms with van der Waals surface area (Å²) in [7, 11) is 0. The van der Waals surface area contributed by atoms with Crippen LogP contribution in [0.2, 0.25) is 0 Å². The minimum atomic E-state index is -0.157.